The van der Waals surface area contributed by atoms with Gasteiger partial charge >= 0.3 is 0 Å². The van der Waals surface area contributed by atoms with Crippen molar-refractivity contribution in [2.75, 3.05) is 7.11 Å². The maximum Gasteiger partial charge on any atom is 0.254 e. The van der Waals surface area contributed by atoms with Gasteiger partial charge in [-0.2, -0.15) is 0 Å². The number of methoxy groups -OCH3 is 1. The Hall–Kier alpha value is -3.05. The number of amides is 1. The second-order valence-electron chi connectivity index (χ2n) is 7.57. The van der Waals surface area contributed by atoms with Gasteiger partial charge in [-0.05, 0) is 66.4 Å². The summed E-state index contributed by atoms with van der Waals surface area (Å²) < 4.78 is 24.4. The molecule has 31 heavy (non-hydrogen) atoms. The molecule has 0 spiro atoms. The molecule has 160 valence electrons. The molecular weight excluding hydrogens is 417 g/mol. The van der Waals surface area contributed by atoms with E-state index in [1.807, 2.05) is 23.1 Å². The van der Waals surface area contributed by atoms with Crippen molar-refractivity contribution in [2.45, 2.75) is 32.0 Å². The van der Waals surface area contributed by atoms with Crippen LogP contribution in [0.3, 0.4) is 0 Å². The fourth-order valence-corrected chi connectivity index (χ4v) is 3.60. The predicted molar refractivity (Wildman–Crippen MR) is 118 cm³/mol. The number of benzene rings is 3. The highest BCUT2D eigenvalue weighted by molar-refractivity contribution is 6.30. The van der Waals surface area contributed by atoms with Crippen LogP contribution in [0.2, 0.25) is 5.02 Å². The van der Waals surface area contributed by atoms with Crippen LogP contribution in [0.25, 0.3) is 0 Å². The lowest BCUT2D eigenvalue weighted by atomic mass is 10.1. The minimum absolute atomic E-state index is 0.0272. The number of nitrogens with zero attached hydrogens (tertiary/aromatic N) is 1. The Kier molecular flexibility index (Phi) is 6.42. The first-order valence-electron chi connectivity index (χ1n) is 10.1. The predicted octanol–water partition coefficient (Wildman–Crippen LogP) is 5.87. The normalized spacial score (nSPS) is 13.0. The molecule has 0 aromatic heterocycles. The zero-order valence-electron chi connectivity index (χ0n) is 17.2. The summed E-state index contributed by atoms with van der Waals surface area (Å²) in [4.78, 5) is 15.0. The van der Waals surface area contributed by atoms with Crippen LogP contribution < -0.4 is 9.47 Å². The van der Waals surface area contributed by atoms with Gasteiger partial charge in [-0.1, -0.05) is 35.9 Å². The Labute approximate surface area is 186 Å². The number of hydrogen-bond donors (Lipinski definition) is 0. The third-order valence-corrected chi connectivity index (χ3v) is 5.44. The molecule has 0 bridgehead atoms. The quantitative estimate of drug-likeness (QED) is 0.440. The van der Waals surface area contributed by atoms with E-state index in [1.54, 1.807) is 43.5 Å². The van der Waals surface area contributed by atoms with Crippen molar-refractivity contribution < 1.29 is 18.7 Å². The van der Waals surface area contributed by atoms with Crippen molar-refractivity contribution in [2.24, 2.45) is 0 Å². The zero-order chi connectivity index (χ0) is 21.8. The molecule has 3 aromatic carbocycles. The lowest BCUT2D eigenvalue weighted by Gasteiger charge is -2.23. The van der Waals surface area contributed by atoms with E-state index < -0.39 is 0 Å². The summed E-state index contributed by atoms with van der Waals surface area (Å²) in [6.45, 7) is 0.780. The number of ether oxygens (including phenoxy) is 2. The monoisotopic (exact) mass is 439 g/mol. The summed E-state index contributed by atoms with van der Waals surface area (Å²) in [6, 6.07) is 19.1. The number of carbonyl (C=O) groups excluding carboxylic acids is 1. The van der Waals surface area contributed by atoms with Gasteiger partial charge in [-0.25, -0.2) is 4.39 Å². The average Bonchev–Trinajstić information content (AvgIpc) is 3.62. The summed E-state index contributed by atoms with van der Waals surface area (Å²) in [6.07, 6.45) is 2.00. The first kappa shape index (κ1) is 21.2. The topological polar surface area (TPSA) is 38.8 Å². The van der Waals surface area contributed by atoms with Gasteiger partial charge in [0.1, 0.15) is 12.4 Å². The molecule has 1 aliphatic rings. The maximum atomic E-state index is 13.1. The van der Waals surface area contributed by atoms with E-state index in [1.165, 1.54) is 12.1 Å². The molecule has 0 radical (unpaired) electrons. The van der Waals surface area contributed by atoms with E-state index >= 15 is 0 Å². The van der Waals surface area contributed by atoms with Crippen molar-refractivity contribution in [3.63, 3.8) is 0 Å². The molecule has 0 saturated heterocycles. The highest BCUT2D eigenvalue weighted by Crippen LogP contribution is 2.33. The van der Waals surface area contributed by atoms with E-state index in [4.69, 9.17) is 21.1 Å². The van der Waals surface area contributed by atoms with Crippen LogP contribution in [0.4, 0.5) is 4.39 Å². The average molecular weight is 440 g/mol. The van der Waals surface area contributed by atoms with Gasteiger partial charge in [-0.15, -0.1) is 0 Å². The van der Waals surface area contributed by atoms with Gasteiger partial charge < -0.3 is 14.4 Å². The third-order valence-electron chi connectivity index (χ3n) is 5.21. The maximum absolute atomic E-state index is 13.1. The Morgan fingerprint density at radius 1 is 1.03 bits per heavy atom. The molecule has 0 unspecified atom stereocenters. The first-order chi connectivity index (χ1) is 15.0. The summed E-state index contributed by atoms with van der Waals surface area (Å²) in [5.41, 5.74) is 2.40. The van der Waals surface area contributed by atoms with Crippen LogP contribution in [0.15, 0.2) is 66.7 Å². The van der Waals surface area contributed by atoms with E-state index in [-0.39, 0.29) is 17.8 Å². The Bertz CT molecular complexity index is 1070. The van der Waals surface area contributed by atoms with Gasteiger partial charge in [0, 0.05) is 23.2 Å². The van der Waals surface area contributed by atoms with E-state index in [9.17, 15) is 9.18 Å². The highest BCUT2D eigenvalue weighted by Gasteiger charge is 2.33. The number of hydrogen-bond acceptors (Lipinski definition) is 3. The van der Waals surface area contributed by atoms with Gasteiger partial charge in [0.05, 0.1) is 7.11 Å². The fraction of sp³-hybridized carbons (Fsp3) is 0.240. The largest absolute Gasteiger partial charge is 0.493 e. The van der Waals surface area contributed by atoms with Crippen molar-refractivity contribution in [3.8, 4) is 11.5 Å². The molecule has 0 aliphatic heterocycles. The fourth-order valence-electron chi connectivity index (χ4n) is 3.41. The minimum atomic E-state index is -0.279. The van der Waals surface area contributed by atoms with Crippen LogP contribution >= 0.6 is 11.6 Å². The lowest BCUT2D eigenvalue weighted by Crippen LogP contribution is -2.32. The smallest absolute Gasteiger partial charge is 0.254 e. The first-order valence-corrected chi connectivity index (χ1v) is 10.5. The molecule has 1 fully saturated rings. The van der Waals surface area contributed by atoms with E-state index in [2.05, 4.69) is 0 Å². The van der Waals surface area contributed by atoms with Crippen LogP contribution in [0.5, 0.6) is 11.5 Å². The molecule has 4 nitrogen and oxygen atoms in total. The second kappa shape index (κ2) is 9.40. The molecule has 1 amide bonds. The molecule has 0 heterocycles. The second-order valence-corrected chi connectivity index (χ2v) is 8.01. The van der Waals surface area contributed by atoms with Crippen LogP contribution in [-0.2, 0) is 13.2 Å². The van der Waals surface area contributed by atoms with Gasteiger partial charge in [0.15, 0.2) is 11.5 Å². The van der Waals surface area contributed by atoms with Crippen LogP contribution in [-0.4, -0.2) is 24.0 Å². The Morgan fingerprint density at radius 2 is 1.77 bits per heavy atom. The number of rotatable bonds is 8. The minimum Gasteiger partial charge on any atom is -0.493 e. The molecule has 0 N–H and O–H groups in total. The van der Waals surface area contributed by atoms with Crippen LogP contribution in [0, 0.1) is 5.82 Å². The summed E-state index contributed by atoms with van der Waals surface area (Å²) in [5.74, 6) is 0.874. The molecule has 3 aromatic rings. The lowest BCUT2D eigenvalue weighted by molar-refractivity contribution is 0.0729. The molecule has 0 atom stereocenters. The van der Waals surface area contributed by atoms with Gasteiger partial charge in [0.25, 0.3) is 5.91 Å². The highest BCUT2D eigenvalue weighted by atomic mass is 35.5. The van der Waals surface area contributed by atoms with Crippen molar-refractivity contribution in [3.05, 3.63) is 94.3 Å². The molecular formula is C25H23ClFNO3. The summed E-state index contributed by atoms with van der Waals surface area (Å²) >= 11 is 6.07. The van der Waals surface area contributed by atoms with Crippen LogP contribution in [0.1, 0.15) is 34.3 Å². The molecule has 4 rings (SSSR count). The Morgan fingerprint density at radius 3 is 2.45 bits per heavy atom. The van der Waals surface area contributed by atoms with Gasteiger partial charge in [0.2, 0.25) is 0 Å². The molecule has 1 saturated carbocycles. The van der Waals surface area contributed by atoms with E-state index in [0.717, 1.165) is 24.0 Å². The third kappa shape index (κ3) is 5.36. The molecule has 1 aliphatic carbocycles. The summed E-state index contributed by atoms with van der Waals surface area (Å²) in [7, 11) is 1.58. The SMILES string of the molecule is COc1cc(CN(C(=O)c2cccc(Cl)c2)C2CC2)ccc1OCc1ccc(F)cc1. The summed E-state index contributed by atoms with van der Waals surface area (Å²) in [5, 5.41) is 0.547. The standard InChI is InChI=1S/C25H23ClFNO3/c1-30-24-13-18(7-12-23(24)31-16-17-5-8-21(27)9-6-17)15-28(22-10-11-22)25(29)19-3-2-4-20(26)14-19/h2-9,12-14,22H,10-11,15-16H2,1H3. The number of halogens is 2. The van der Waals surface area contributed by atoms with E-state index in [0.29, 0.717) is 35.2 Å². The zero-order valence-corrected chi connectivity index (χ0v) is 17.9. The van der Waals surface area contributed by atoms with Gasteiger partial charge in [-0.3, -0.25) is 4.79 Å². The van der Waals surface area contributed by atoms with Crippen molar-refractivity contribution in [1.82, 2.24) is 4.90 Å². The van der Waals surface area contributed by atoms with Crippen molar-refractivity contribution >= 4 is 17.5 Å². The molecule has 6 heteroatoms. The number of carbonyl (C=O) groups is 1. The van der Waals surface area contributed by atoms with Crippen molar-refractivity contribution in [1.29, 1.82) is 0 Å². The Balaban J connectivity index is 1.48.